The van der Waals surface area contributed by atoms with Gasteiger partial charge in [-0.05, 0) is 18.6 Å². The van der Waals surface area contributed by atoms with Crippen molar-refractivity contribution in [2.75, 3.05) is 19.8 Å². The normalized spacial score (nSPS) is 16.1. The lowest BCUT2D eigenvalue weighted by Gasteiger charge is -2.10. The maximum atomic E-state index is 11.7. The summed E-state index contributed by atoms with van der Waals surface area (Å²) in [6.07, 6.45) is 0.467. The van der Waals surface area contributed by atoms with Crippen LogP contribution in [0.4, 0.5) is 0 Å². The van der Waals surface area contributed by atoms with Crippen molar-refractivity contribution in [3.8, 4) is 0 Å². The van der Waals surface area contributed by atoms with E-state index in [-0.39, 0.29) is 12.3 Å². The molecule has 92 valence electrons. The van der Waals surface area contributed by atoms with E-state index in [1.807, 2.05) is 19.1 Å². The highest BCUT2D eigenvalue weighted by atomic mass is 16.7. The molecule has 4 nitrogen and oxygen atoms in total. The molecule has 1 aliphatic rings. The number of benzene rings is 1. The SMILES string of the molecule is CCCOC(=O)c1cccc(C2OCCO2)c1. The lowest BCUT2D eigenvalue weighted by atomic mass is 10.1. The number of hydrogen-bond donors (Lipinski definition) is 0. The van der Waals surface area contributed by atoms with Crippen molar-refractivity contribution in [2.24, 2.45) is 0 Å². The van der Waals surface area contributed by atoms with Crippen LogP contribution in [0, 0.1) is 0 Å². The topological polar surface area (TPSA) is 44.8 Å². The number of ether oxygens (including phenoxy) is 3. The Kier molecular flexibility index (Phi) is 4.12. The Labute approximate surface area is 100 Å². The smallest absolute Gasteiger partial charge is 0.338 e. The Bertz CT molecular complexity index is 383. The monoisotopic (exact) mass is 236 g/mol. The summed E-state index contributed by atoms with van der Waals surface area (Å²) in [7, 11) is 0. The van der Waals surface area contributed by atoms with Gasteiger partial charge in [0.2, 0.25) is 0 Å². The first-order valence-electron chi connectivity index (χ1n) is 5.81. The molecule has 1 heterocycles. The summed E-state index contributed by atoms with van der Waals surface area (Å²) in [6, 6.07) is 7.18. The van der Waals surface area contributed by atoms with Gasteiger partial charge in [0.25, 0.3) is 0 Å². The lowest BCUT2D eigenvalue weighted by molar-refractivity contribution is -0.0441. The van der Waals surface area contributed by atoms with Crippen LogP contribution >= 0.6 is 0 Å². The molecule has 0 unspecified atom stereocenters. The van der Waals surface area contributed by atoms with Gasteiger partial charge in [0.15, 0.2) is 6.29 Å². The zero-order chi connectivity index (χ0) is 12.1. The predicted molar refractivity (Wildman–Crippen MR) is 61.7 cm³/mol. The fourth-order valence-corrected chi connectivity index (χ4v) is 1.64. The fourth-order valence-electron chi connectivity index (χ4n) is 1.64. The highest BCUT2D eigenvalue weighted by Crippen LogP contribution is 2.23. The molecule has 0 radical (unpaired) electrons. The summed E-state index contributed by atoms with van der Waals surface area (Å²) >= 11 is 0. The molecule has 17 heavy (non-hydrogen) atoms. The second-order valence-electron chi connectivity index (χ2n) is 3.83. The first kappa shape index (κ1) is 12.1. The van der Waals surface area contributed by atoms with Crippen molar-refractivity contribution in [3.63, 3.8) is 0 Å². The predicted octanol–water partition coefficient (Wildman–Crippen LogP) is 2.30. The highest BCUT2D eigenvalue weighted by Gasteiger charge is 2.19. The van der Waals surface area contributed by atoms with Gasteiger partial charge in [-0.15, -0.1) is 0 Å². The summed E-state index contributed by atoms with van der Waals surface area (Å²) in [5, 5.41) is 0. The van der Waals surface area contributed by atoms with Crippen LogP contribution in [0.25, 0.3) is 0 Å². The largest absolute Gasteiger partial charge is 0.462 e. The van der Waals surface area contributed by atoms with E-state index >= 15 is 0 Å². The molecule has 0 aromatic heterocycles. The molecule has 2 rings (SSSR count). The quantitative estimate of drug-likeness (QED) is 0.752. The van der Waals surface area contributed by atoms with Gasteiger partial charge >= 0.3 is 5.97 Å². The zero-order valence-corrected chi connectivity index (χ0v) is 9.85. The van der Waals surface area contributed by atoms with Crippen molar-refractivity contribution in [2.45, 2.75) is 19.6 Å². The van der Waals surface area contributed by atoms with Gasteiger partial charge in [0.05, 0.1) is 25.4 Å². The van der Waals surface area contributed by atoms with Gasteiger partial charge in [-0.3, -0.25) is 0 Å². The van der Waals surface area contributed by atoms with Crippen LogP contribution in [0.1, 0.15) is 35.6 Å². The van der Waals surface area contributed by atoms with Gasteiger partial charge in [-0.25, -0.2) is 4.79 Å². The van der Waals surface area contributed by atoms with Gasteiger partial charge in [0, 0.05) is 5.56 Å². The molecule has 1 saturated heterocycles. The average Bonchev–Trinajstić information content (AvgIpc) is 2.90. The highest BCUT2D eigenvalue weighted by molar-refractivity contribution is 5.89. The first-order valence-corrected chi connectivity index (χ1v) is 5.81. The lowest BCUT2D eigenvalue weighted by Crippen LogP contribution is -2.07. The summed E-state index contributed by atoms with van der Waals surface area (Å²) in [6.45, 7) is 3.59. The third-order valence-corrected chi connectivity index (χ3v) is 2.45. The molecule has 0 amide bonds. The van der Waals surface area contributed by atoms with E-state index in [4.69, 9.17) is 14.2 Å². The van der Waals surface area contributed by atoms with Gasteiger partial charge < -0.3 is 14.2 Å². The van der Waals surface area contributed by atoms with Crippen molar-refractivity contribution in [3.05, 3.63) is 35.4 Å². The second kappa shape index (κ2) is 5.80. The first-order chi connectivity index (χ1) is 8.31. The van der Waals surface area contributed by atoms with Crippen molar-refractivity contribution in [1.29, 1.82) is 0 Å². The van der Waals surface area contributed by atoms with E-state index in [9.17, 15) is 4.79 Å². The van der Waals surface area contributed by atoms with Crippen LogP contribution in [-0.2, 0) is 14.2 Å². The Morgan fingerprint density at radius 3 is 2.88 bits per heavy atom. The third-order valence-electron chi connectivity index (χ3n) is 2.45. The Morgan fingerprint density at radius 2 is 2.18 bits per heavy atom. The number of rotatable bonds is 4. The molecule has 4 heteroatoms. The molecule has 0 spiro atoms. The Morgan fingerprint density at radius 1 is 1.41 bits per heavy atom. The molecule has 0 N–H and O–H groups in total. The van der Waals surface area contributed by atoms with Crippen LogP contribution in [0.3, 0.4) is 0 Å². The molecule has 1 aromatic rings. The van der Waals surface area contributed by atoms with Crippen LogP contribution in [0.5, 0.6) is 0 Å². The molecular formula is C13H16O4. The molecule has 1 aliphatic heterocycles. The third kappa shape index (κ3) is 3.05. The Hall–Kier alpha value is -1.39. The molecule has 0 atom stereocenters. The van der Waals surface area contributed by atoms with Crippen LogP contribution in [0.15, 0.2) is 24.3 Å². The maximum absolute atomic E-state index is 11.7. The minimum Gasteiger partial charge on any atom is -0.462 e. The van der Waals surface area contributed by atoms with Gasteiger partial charge in [-0.2, -0.15) is 0 Å². The molecule has 1 fully saturated rings. The standard InChI is InChI=1S/C13H16O4/c1-2-6-15-12(14)10-4-3-5-11(9-10)13-16-7-8-17-13/h3-5,9,13H,2,6-8H2,1H3. The van der Waals surface area contributed by atoms with E-state index in [1.165, 1.54) is 0 Å². The van der Waals surface area contributed by atoms with Crippen LogP contribution in [-0.4, -0.2) is 25.8 Å². The molecule has 1 aromatic carbocycles. The van der Waals surface area contributed by atoms with E-state index in [0.717, 1.165) is 12.0 Å². The minimum atomic E-state index is -0.353. The summed E-state index contributed by atoms with van der Waals surface area (Å²) in [5.41, 5.74) is 1.39. The van der Waals surface area contributed by atoms with Crippen molar-refractivity contribution < 1.29 is 19.0 Å². The maximum Gasteiger partial charge on any atom is 0.338 e. The van der Waals surface area contributed by atoms with Gasteiger partial charge in [0.1, 0.15) is 0 Å². The van der Waals surface area contributed by atoms with Crippen molar-refractivity contribution >= 4 is 5.97 Å². The molecule has 0 bridgehead atoms. The Balaban J connectivity index is 2.07. The van der Waals surface area contributed by atoms with Crippen molar-refractivity contribution in [1.82, 2.24) is 0 Å². The number of hydrogen-bond acceptors (Lipinski definition) is 4. The molecule has 0 saturated carbocycles. The number of esters is 1. The second-order valence-corrected chi connectivity index (χ2v) is 3.83. The summed E-state index contributed by atoms with van der Waals surface area (Å²) < 4.78 is 15.8. The van der Waals surface area contributed by atoms with E-state index in [2.05, 4.69) is 0 Å². The van der Waals surface area contributed by atoms with Crippen LogP contribution in [0.2, 0.25) is 0 Å². The zero-order valence-electron chi connectivity index (χ0n) is 9.85. The molecule has 0 aliphatic carbocycles. The number of carbonyl (C=O) groups excluding carboxylic acids is 1. The van der Waals surface area contributed by atoms with E-state index in [0.29, 0.717) is 25.4 Å². The van der Waals surface area contributed by atoms with Gasteiger partial charge in [-0.1, -0.05) is 19.1 Å². The number of carbonyl (C=O) groups is 1. The van der Waals surface area contributed by atoms with E-state index in [1.54, 1.807) is 12.1 Å². The summed E-state index contributed by atoms with van der Waals surface area (Å²) in [4.78, 5) is 11.7. The minimum absolute atomic E-state index is 0.299. The van der Waals surface area contributed by atoms with Crippen LogP contribution < -0.4 is 0 Å². The summed E-state index contributed by atoms with van der Waals surface area (Å²) in [5.74, 6) is -0.299. The molecular weight excluding hydrogens is 220 g/mol. The fraction of sp³-hybridized carbons (Fsp3) is 0.462. The average molecular weight is 236 g/mol. The van der Waals surface area contributed by atoms with E-state index < -0.39 is 0 Å².